The normalized spacial score (nSPS) is 19.1. The Morgan fingerprint density at radius 1 is 1.33 bits per heavy atom. The van der Waals surface area contributed by atoms with E-state index < -0.39 is 6.09 Å². The van der Waals surface area contributed by atoms with Crippen molar-refractivity contribution in [3.8, 4) is 17.6 Å². The number of benzene rings is 1. The van der Waals surface area contributed by atoms with E-state index in [1.807, 2.05) is 18.2 Å². The van der Waals surface area contributed by atoms with E-state index in [0.29, 0.717) is 43.9 Å². The van der Waals surface area contributed by atoms with Crippen molar-refractivity contribution in [1.82, 2.24) is 4.90 Å². The van der Waals surface area contributed by atoms with Gasteiger partial charge in [0.05, 0.1) is 6.07 Å². The molecule has 110 valence electrons. The summed E-state index contributed by atoms with van der Waals surface area (Å²) in [7, 11) is 0. The number of rotatable bonds is 2. The van der Waals surface area contributed by atoms with Gasteiger partial charge in [-0.3, -0.25) is 0 Å². The van der Waals surface area contributed by atoms with E-state index >= 15 is 0 Å². The van der Waals surface area contributed by atoms with Crippen LogP contribution in [0.5, 0.6) is 11.5 Å². The van der Waals surface area contributed by atoms with Crippen LogP contribution in [0.3, 0.4) is 0 Å². The van der Waals surface area contributed by atoms with Gasteiger partial charge in [0.15, 0.2) is 11.5 Å². The molecule has 6 nitrogen and oxygen atoms in total. The van der Waals surface area contributed by atoms with Crippen LogP contribution in [0, 0.1) is 11.3 Å². The highest BCUT2D eigenvalue weighted by Crippen LogP contribution is 2.42. The minimum absolute atomic E-state index is 0.219. The van der Waals surface area contributed by atoms with E-state index in [1.54, 1.807) is 0 Å². The minimum atomic E-state index is -0.897. The summed E-state index contributed by atoms with van der Waals surface area (Å²) in [5.41, 5.74) is 0.722. The summed E-state index contributed by atoms with van der Waals surface area (Å²) in [5, 5.41) is 18.2. The maximum atomic E-state index is 11.0. The molecule has 0 aliphatic carbocycles. The van der Waals surface area contributed by atoms with Gasteiger partial charge >= 0.3 is 6.09 Å². The molecule has 2 heterocycles. The number of carboxylic acid groups (broad SMARTS) is 1. The van der Waals surface area contributed by atoms with Gasteiger partial charge in [-0.25, -0.2) is 4.79 Å². The van der Waals surface area contributed by atoms with Gasteiger partial charge in [-0.1, -0.05) is 6.07 Å². The Labute approximate surface area is 122 Å². The van der Waals surface area contributed by atoms with Gasteiger partial charge < -0.3 is 19.5 Å². The Morgan fingerprint density at radius 3 is 2.71 bits per heavy atom. The van der Waals surface area contributed by atoms with Gasteiger partial charge in [-0.15, -0.1) is 0 Å². The summed E-state index contributed by atoms with van der Waals surface area (Å²) in [6.45, 7) is 1.12. The molecule has 6 heteroatoms. The molecule has 1 amide bonds. The summed E-state index contributed by atoms with van der Waals surface area (Å²) in [6, 6.07) is 8.00. The number of piperidine rings is 1. The van der Waals surface area contributed by atoms with Crippen LogP contribution in [0.15, 0.2) is 18.2 Å². The average molecular weight is 288 g/mol. The molecule has 0 unspecified atom stereocenters. The molecule has 0 atom stereocenters. The van der Waals surface area contributed by atoms with Crippen molar-refractivity contribution >= 4 is 6.09 Å². The number of amides is 1. The van der Waals surface area contributed by atoms with Crippen molar-refractivity contribution in [1.29, 1.82) is 5.26 Å². The zero-order chi connectivity index (χ0) is 14.9. The Morgan fingerprint density at radius 2 is 2.05 bits per heavy atom. The number of hydrogen-bond donors (Lipinski definition) is 1. The first-order valence-corrected chi connectivity index (χ1v) is 6.90. The molecule has 0 radical (unpaired) electrons. The van der Waals surface area contributed by atoms with Crippen LogP contribution < -0.4 is 9.47 Å². The number of carbonyl (C=O) groups is 1. The zero-order valence-electron chi connectivity index (χ0n) is 11.5. The standard InChI is InChI=1S/C15H16N2O4/c16-6-3-15(4-7-17(8-5-15)14(18)19)11-1-2-12-13(9-11)21-10-20-12/h1-2,9H,3-5,7-8,10H2,(H,18,19). The second-order valence-corrected chi connectivity index (χ2v) is 5.45. The fraction of sp³-hybridized carbons (Fsp3) is 0.467. The summed E-state index contributed by atoms with van der Waals surface area (Å²) >= 11 is 0. The van der Waals surface area contributed by atoms with Gasteiger partial charge in [-0.2, -0.15) is 5.26 Å². The molecule has 1 N–H and O–H groups in total. The molecule has 0 saturated carbocycles. The Hall–Kier alpha value is -2.42. The van der Waals surface area contributed by atoms with Crippen LogP contribution in [0.2, 0.25) is 0 Å². The largest absolute Gasteiger partial charge is 0.465 e. The molecule has 21 heavy (non-hydrogen) atoms. The van der Waals surface area contributed by atoms with E-state index in [2.05, 4.69) is 6.07 Å². The molecule has 2 aliphatic rings. The topological polar surface area (TPSA) is 82.8 Å². The fourth-order valence-corrected chi connectivity index (χ4v) is 3.07. The number of hydrogen-bond acceptors (Lipinski definition) is 4. The van der Waals surface area contributed by atoms with Crippen LogP contribution in [-0.2, 0) is 5.41 Å². The first-order valence-electron chi connectivity index (χ1n) is 6.90. The van der Waals surface area contributed by atoms with Crippen LogP contribution in [0.25, 0.3) is 0 Å². The molecular weight excluding hydrogens is 272 g/mol. The third-order valence-corrected chi connectivity index (χ3v) is 4.39. The predicted molar refractivity (Wildman–Crippen MR) is 73.3 cm³/mol. The molecule has 0 spiro atoms. The van der Waals surface area contributed by atoms with Gasteiger partial charge in [0.25, 0.3) is 0 Å². The highest BCUT2D eigenvalue weighted by atomic mass is 16.7. The number of likely N-dealkylation sites (tertiary alicyclic amines) is 1. The summed E-state index contributed by atoms with van der Waals surface area (Å²) < 4.78 is 10.7. The van der Waals surface area contributed by atoms with Gasteiger partial charge in [0.1, 0.15) is 0 Å². The number of nitriles is 1. The summed E-state index contributed by atoms with van der Waals surface area (Å²) in [5.74, 6) is 1.42. The average Bonchev–Trinajstić information content (AvgIpc) is 2.95. The highest BCUT2D eigenvalue weighted by Gasteiger charge is 2.38. The second-order valence-electron chi connectivity index (χ2n) is 5.45. The molecular formula is C15H16N2O4. The lowest BCUT2D eigenvalue weighted by atomic mass is 9.71. The van der Waals surface area contributed by atoms with Crippen molar-refractivity contribution in [2.24, 2.45) is 0 Å². The quantitative estimate of drug-likeness (QED) is 0.903. The third-order valence-electron chi connectivity index (χ3n) is 4.39. The maximum Gasteiger partial charge on any atom is 0.407 e. The van der Waals surface area contributed by atoms with Crippen molar-refractivity contribution in [2.45, 2.75) is 24.7 Å². The molecule has 1 fully saturated rings. The van der Waals surface area contributed by atoms with Crippen LogP contribution in [0.4, 0.5) is 4.79 Å². The number of fused-ring (bicyclic) bond motifs is 1. The minimum Gasteiger partial charge on any atom is -0.465 e. The van der Waals surface area contributed by atoms with Crippen LogP contribution in [-0.4, -0.2) is 36.0 Å². The molecule has 1 aromatic rings. The van der Waals surface area contributed by atoms with E-state index in [1.165, 1.54) is 4.90 Å². The van der Waals surface area contributed by atoms with Crippen molar-refractivity contribution < 1.29 is 19.4 Å². The molecule has 3 rings (SSSR count). The SMILES string of the molecule is N#CCC1(c2ccc3c(c2)OCO3)CCN(C(=O)O)CC1. The third kappa shape index (κ3) is 2.35. The Kier molecular flexibility index (Phi) is 3.34. The van der Waals surface area contributed by atoms with E-state index in [9.17, 15) is 10.1 Å². The monoisotopic (exact) mass is 288 g/mol. The Balaban J connectivity index is 1.88. The second kappa shape index (κ2) is 5.17. The first-order chi connectivity index (χ1) is 10.1. The molecule has 2 aliphatic heterocycles. The number of nitrogens with zero attached hydrogens (tertiary/aromatic N) is 2. The first kappa shape index (κ1) is 13.6. The fourth-order valence-electron chi connectivity index (χ4n) is 3.07. The van der Waals surface area contributed by atoms with Crippen molar-refractivity contribution in [2.75, 3.05) is 19.9 Å². The summed E-state index contributed by atoms with van der Waals surface area (Å²) in [6.07, 6.45) is 0.769. The van der Waals surface area contributed by atoms with E-state index in [0.717, 1.165) is 5.56 Å². The number of ether oxygens (including phenoxy) is 2. The van der Waals surface area contributed by atoms with Gasteiger partial charge in [0.2, 0.25) is 6.79 Å². The van der Waals surface area contributed by atoms with E-state index in [-0.39, 0.29) is 12.2 Å². The van der Waals surface area contributed by atoms with Crippen molar-refractivity contribution in [3.63, 3.8) is 0 Å². The molecule has 1 aromatic carbocycles. The van der Waals surface area contributed by atoms with Crippen LogP contribution in [0.1, 0.15) is 24.8 Å². The predicted octanol–water partition coefficient (Wildman–Crippen LogP) is 2.34. The Bertz CT molecular complexity index is 600. The lowest BCUT2D eigenvalue weighted by Gasteiger charge is -2.40. The summed E-state index contributed by atoms with van der Waals surface area (Å²) in [4.78, 5) is 12.4. The van der Waals surface area contributed by atoms with Crippen LogP contribution >= 0.6 is 0 Å². The van der Waals surface area contributed by atoms with E-state index in [4.69, 9.17) is 14.6 Å². The van der Waals surface area contributed by atoms with Gasteiger partial charge in [-0.05, 0) is 30.5 Å². The molecule has 0 aromatic heterocycles. The van der Waals surface area contributed by atoms with Crippen molar-refractivity contribution in [3.05, 3.63) is 23.8 Å². The smallest absolute Gasteiger partial charge is 0.407 e. The highest BCUT2D eigenvalue weighted by molar-refractivity contribution is 5.65. The maximum absolute atomic E-state index is 11.0. The zero-order valence-corrected chi connectivity index (χ0v) is 11.5. The molecule has 0 bridgehead atoms. The lowest BCUT2D eigenvalue weighted by Crippen LogP contribution is -2.44. The molecule has 1 saturated heterocycles. The van der Waals surface area contributed by atoms with Gasteiger partial charge in [0, 0.05) is 24.9 Å². The lowest BCUT2D eigenvalue weighted by molar-refractivity contribution is 0.116.